The number of hydrogen-bond acceptors (Lipinski definition) is 6. The van der Waals surface area contributed by atoms with Gasteiger partial charge in [0, 0.05) is 34.2 Å². The number of rotatable bonds is 16. The topological polar surface area (TPSA) is 108 Å². The van der Waals surface area contributed by atoms with Gasteiger partial charge in [0.1, 0.15) is 0 Å². The van der Waals surface area contributed by atoms with Crippen LogP contribution in [-0.2, 0) is 23.9 Å². The van der Waals surface area contributed by atoms with E-state index in [1.807, 2.05) is 56.1 Å². The fourth-order valence-electron chi connectivity index (χ4n) is 6.19. The average molecular weight is 590 g/mol. The summed E-state index contributed by atoms with van der Waals surface area (Å²) in [6, 6.07) is 8.22. The number of benzene rings is 1. The van der Waals surface area contributed by atoms with Crippen LogP contribution >= 0.6 is 0 Å². The Labute approximate surface area is 253 Å². The fourth-order valence-corrected chi connectivity index (χ4v) is 6.19. The Morgan fingerprint density at radius 3 is 2.24 bits per heavy atom. The standard InChI is InChI=1S/C33H55N3O6/c1-10-22(4)30(35(7)28(37)19-21(2)3)27(41-8)20-29(38)36-18-14-17-26(36)32(42-9)23(5)33(40)34-24(6)31(39)25-15-12-11-13-16-25/h11-13,15-16,21-24,26-27,30-32,39H,10,14,17-20H2,1-9H3,(H,34,40)/t22?,23?,24?,26?,27-,30?,31?,32?/m1/s1. The Morgan fingerprint density at radius 1 is 1.05 bits per heavy atom. The van der Waals surface area contributed by atoms with Crippen molar-refractivity contribution in [3.05, 3.63) is 35.9 Å². The molecule has 1 aromatic carbocycles. The summed E-state index contributed by atoms with van der Waals surface area (Å²) in [7, 11) is 4.99. The molecule has 3 amide bonds. The summed E-state index contributed by atoms with van der Waals surface area (Å²) in [5.74, 6) is -0.424. The molecule has 0 saturated carbocycles. The van der Waals surface area contributed by atoms with Gasteiger partial charge in [-0.25, -0.2) is 0 Å². The summed E-state index contributed by atoms with van der Waals surface area (Å²) in [6.45, 7) is 12.4. The number of amides is 3. The van der Waals surface area contributed by atoms with Gasteiger partial charge in [-0.2, -0.15) is 0 Å². The van der Waals surface area contributed by atoms with Gasteiger partial charge in [0.25, 0.3) is 0 Å². The Kier molecular flexibility index (Phi) is 14.4. The fraction of sp³-hybridized carbons (Fsp3) is 0.727. The van der Waals surface area contributed by atoms with E-state index in [1.54, 1.807) is 33.0 Å². The number of nitrogens with zero attached hydrogens (tertiary/aromatic N) is 2. The summed E-state index contributed by atoms with van der Waals surface area (Å²) >= 11 is 0. The molecule has 0 spiro atoms. The van der Waals surface area contributed by atoms with Gasteiger partial charge < -0.3 is 29.7 Å². The van der Waals surface area contributed by atoms with Gasteiger partial charge in [-0.1, -0.05) is 71.4 Å². The molecule has 2 rings (SSSR count). The van der Waals surface area contributed by atoms with E-state index in [4.69, 9.17) is 9.47 Å². The van der Waals surface area contributed by atoms with Crippen molar-refractivity contribution in [1.29, 1.82) is 0 Å². The maximum Gasteiger partial charge on any atom is 0.225 e. The highest BCUT2D eigenvalue weighted by atomic mass is 16.5. The van der Waals surface area contributed by atoms with Crippen molar-refractivity contribution >= 4 is 17.7 Å². The van der Waals surface area contributed by atoms with Gasteiger partial charge in [0.15, 0.2) is 0 Å². The zero-order valence-electron chi connectivity index (χ0n) is 27.2. The highest BCUT2D eigenvalue weighted by molar-refractivity contribution is 5.81. The first-order valence-electron chi connectivity index (χ1n) is 15.5. The lowest BCUT2D eigenvalue weighted by molar-refractivity contribution is -0.146. The molecule has 9 heteroatoms. The van der Waals surface area contributed by atoms with Gasteiger partial charge in [0.05, 0.1) is 48.8 Å². The number of hydrogen-bond donors (Lipinski definition) is 2. The quantitative estimate of drug-likeness (QED) is 0.299. The normalized spacial score (nSPS) is 20.4. The van der Waals surface area contributed by atoms with Gasteiger partial charge >= 0.3 is 0 Å². The number of likely N-dealkylation sites (N-methyl/N-ethyl adjacent to an activating group) is 1. The van der Waals surface area contributed by atoms with E-state index in [-0.39, 0.29) is 48.1 Å². The van der Waals surface area contributed by atoms with Crippen LogP contribution in [0.3, 0.4) is 0 Å². The number of methoxy groups -OCH3 is 2. The SMILES string of the molecule is CCC(C)C([C@@H](CC(=O)N1CCCC1C(OC)C(C)C(=O)NC(C)C(O)c1ccccc1)OC)N(C)C(=O)CC(C)C. The molecule has 0 aliphatic carbocycles. The molecule has 238 valence electrons. The summed E-state index contributed by atoms with van der Waals surface area (Å²) in [4.78, 5) is 43.7. The largest absolute Gasteiger partial charge is 0.386 e. The van der Waals surface area contributed by atoms with Crippen LogP contribution in [0.15, 0.2) is 30.3 Å². The molecule has 1 saturated heterocycles. The zero-order chi connectivity index (χ0) is 31.6. The van der Waals surface area contributed by atoms with E-state index in [0.29, 0.717) is 13.0 Å². The third-order valence-corrected chi connectivity index (χ3v) is 8.87. The van der Waals surface area contributed by atoms with E-state index in [0.717, 1.165) is 24.8 Å². The number of aliphatic hydroxyl groups is 1. The first-order valence-corrected chi connectivity index (χ1v) is 15.5. The zero-order valence-corrected chi connectivity index (χ0v) is 27.2. The number of aliphatic hydroxyl groups excluding tert-OH is 1. The number of nitrogens with one attached hydrogen (secondary N) is 1. The Bertz CT molecular complexity index is 989. The molecule has 1 fully saturated rings. The summed E-state index contributed by atoms with van der Waals surface area (Å²) in [5, 5.41) is 13.7. The van der Waals surface area contributed by atoms with Crippen LogP contribution in [0.25, 0.3) is 0 Å². The third-order valence-electron chi connectivity index (χ3n) is 8.87. The lowest BCUT2D eigenvalue weighted by Gasteiger charge is -2.39. The minimum absolute atomic E-state index is 0.0507. The van der Waals surface area contributed by atoms with Gasteiger partial charge in [-0.05, 0) is 37.2 Å². The minimum Gasteiger partial charge on any atom is -0.386 e. The number of likely N-dealkylation sites (tertiary alicyclic amines) is 1. The van der Waals surface area contributed by atoms with E-state index in [9.17, 15) is 19.5 Å². The van der Waals surface area contributed by atoms with E-state index in [1.165, 1.54) is 0 Å². The summed E-state index contributed by atoms with van der Waals surface area (Å²) in [5.41, 5.74) is 0.730. The van der Waals surface area contributed by atoms with Crippen LogP contribution < -0.4 is 5.32 Å². The molecule has 1 heterocycles. The van der Waals surface area contributed by atoms with E-state index >= 15 is 0 Å². The molecule has 7 unspecified atom stereocenters. The molecule has 1 aliphatic heterocycles. The molecule has 0 radical (unpaired) electrons. The summed E-state index contributed by atoms with van der Waals surface area (Å²) in [6.07, 6.45) is 1.15. The highest BCUT2D eigenvalue weighted by Gasteiger charge is 2.42. The maximum absolute atomic E-state index is 13.8. The first kappa shape index (κ1) is 35.7. The molecule has 0 bridgehead atoms. The van der Waals surface area contributed by atoms with Crippen molar-refractivity contribution in [3.63, 3.8) is 0 Å². The molecule has 1 aliphatic rings. The highest BCUT2D eigenvalue weighted by Crippen LogP contribution is 2.30. The predicted molar refractivity (Wildman–Crippen MR) is 165 cm³/mol. The smallest absolute Gasteiger partial charge is 0.225 e. The van der Waals surface area contributed by atoms with Crippen molar-refractivity contribution in [2.24, 2.45) is 17.8 Å². The number of carbonyl (C=O) groups is 3. The molecule has 42 heavy (non-hydrogen) atoms. The maximum atomic E-state index is 13.8. The average Bonchev–Trinajstić information content (AvgIpc) is 3.46. The Balaban J connectivity index is 2.15. The Morgan fingerprint density at radius 2 is 1.69 bits per heavy atom. The summed E-state index contributed by atoms with van der Waals surface area (Å²) < 4.78 is 11.8. The van der Waals surface area contributed by atoms with E-state index < -0.39 is 30.3 Å². The van der Waals surface area contributed by atoms with Gasteiger partial charge in [-0.15, -0.1) is 0 Å². The minimum atomic E-state index is -0.845. The van der Waals surface area contributed by atoms with Gasteiger partial charge in [-0.3, -0.25) is 14.4 Å². The number of carbonyl (C=O) groups excluding carboxylic acids is 3. The van der Waals surface area contributed by atoms with Crippen LogP contribution in [0, 0.1) is 17.8 Å². The monoisotopic (exact) mass is 589 g/mol. The van der Waals surface area contributed by atoms with Crippen LogP contribution in [0.2, 0.25) is 0 Å². The predicted octanol–water partition coefficient (Wildman–Crippen LogP) is 4.19. The van der Waals surface area contributed by atoms with Crippen molar-refractivity contribution in [3.8, 4) is 0 Å². The molecule has 0 aromatic heterocycles. The Hall–Kier alpha value is -2.49. The molecule has 9 nitrogen and oxygen atoms in total. The lowest BCUT2D eigenvalue weighted by Crippen LogP contribution is -2.53. The van der Waals surface area contributed by atoms with Crippen LogP contribution in [0.1, 0.15) is 85.3 Å². The van der Waals surface area contributed by atoms with Crippen molar-refractivity contribution < 1.29 is 29.0 Å². The second-order valence-corrected chi connectivity index (χ2v) is 12.4. The lowest BCUT2D eigenvalue weighted by atomic mass is 9.90. The third kappa shape index (κ3) is 9.25. The van der Waals surface area contributed by atoms with Crippen LogP contribution in [0.4, 0.5) is 0 Å². The van der Waals surface area contributed by atoms with E-state index in [2.05, 4.69) is 19.2 Å². The molecular weight excluding hydrogens is 534 g/mol. The molecule has 2 N–H and O–H groups in total. The number of ether oxygens (including phenoxy) is 2. The molecule has 8 atom stereocenters. The van der Waals surface area contributed by atoms with Crippen LogP contribution in [0.5, 0.6) is 0 Å². The first-order chi connectivity index (χ1) is 19.9. The van der Waals surface area contributed by atoms with Gasteiger partial charge in [0.2, 0.25) is 17.7 Å². The van der Waals surface area contributed by atoms with Crippen molar-refractivity contribution in [1.82, 2.24) is 15.1 Å². The molecular formula is C33H55N3O6. The van der Waals surface area contributed by atoms with Crippen molar-refractivity contribution in [2.45, 2.75) is 110 Å². The van der Waals surface area contributed by atoms with Crippen LogP contribution in [-0.4, -0.2) is 90.8 Å². The second-order valence-electron chi connectivity index (χ2n) is 12.4. The second kappa shape index (κ2) is 17.0. The molecule has 1 aromatic rings. The van der Waals surface area contributed by atoms with Crippen molar-refractivity contribution in [2.75, 3.05) is 27.8 Å².